The van der Waals surface area contributed by atoms with Crippen LogP contribution in [0.2, 0.25) is 0 Å². The van der Waals surface area contributed by atoms with Crippen molar-refractivity contribution in [3.63, 3.8) is 0 Å². The molecule has 1 aromatic heterocycles. The summed E-state index contributed by atoms with van der Waals surface area (Å²) in [6.07, 6.45) is 1.99. The molecule has 16 heavy (non-hydrogen) atoms. The third-order valence-corrected chi connectivity index (χ3v) is 2.96. The number of nitrogens with one attached hydrogen (secondary N) is 1. The largest absolute Gasteiger partial charge is 0.380 e. The van der Waals surface area contributed by atoms with Gasteiger partial charge in [0.15, 0.2) is 0 Å². The zero-order valence-corrected chi connectivity index (χ0v) is 9.79. The number of hydrogen-bond donors (Lipinski definition) is 1. The van der Waals surface area contributed by atoms with E-state index in [1.165, 1.54) is 0 Å². The van der Waals surface area contributed by atoms with Crippen molar-refractivity contribution in [1.29, 1.82) is 5.26 Å². The molecular formula is C12H17N3O. The van der Waals surface area contributed by atoms with Gasteiger partial charge in [-0.15, -0.1) is 0 Å². The molecule has 0 unspecified atom stereocenters. The number of nitrogens with zero attached hydrogens (tertiary/aromatic N) is 2. The zero-order valence-electron chi connectivity index (χ0n) is 9.79. The van der Waals surface area contributed by atoms with E-state index in [2.05, 4.69) is 18.3 Å². The first-order chi connectivity index (χ1) is 7.63. The van der Waals surface area contributed by atoms with Gasteiger partial charge in [0.2, 0.25) is 0 Å². The van der Waals surface area contributed by atoms with E-state index in [0.717, 1.165) is 31.9 Å². The van der Waals surface area contributed by atoms with Crippen LogP contribution in [0.3, 0.4) is 0 Å². The first-order valence-electron chi connectivity index (χ1n) is 5.47. The van der Waals surface area contributed by atoms with Gasteiger partial charge in [0.1, 0.15) is 11.8 Å². The fraction of sp³-hybridized carbons (Fsp3) is 0.583. The lowest BCUT2D eigenvalue weighted by atomic mass is 9.89. The predicted octanol–water partition coefficient (Wildman–Crippen LogP) is 1.02. The van der Waals surface area contributed by atoms with Crippen molar-refractivity contribution in [2.75, 3.05) is 19.8 Å². The second kappa shape index (κ2) is 4.28. The molecule has 0 amide bonds. The highest BCUT2D eigenvalue weighted by Crippen LogP contribution is 2.25. The van der Waals surface area contributed by atoms with E-state index in [4.69, 9.17) is 10.00 Å². The van der Waals surface area contributed by atoms with Gasteiger partial charge in [-0.1, -0.05) is 6.92 Å². The summed E-state index contributed by atoms with van der Waals surface area (Å²) in [6.45, 7) is 5.68. The summed E-state index contributed by atoms with van der Waals surface area (Å²) in [5, 5.41) is 12.2. The topological polar surface area (TPSA) is 50.0 Å². The van der Waals surface area contributed by atoms with Crippen LogP contribution in [0.1, 0.15) is 18.2 Å². The Bertz CT molecular complexity index is 412. The fourth-order valence-electron chi connectivity index (χ4n) is 1.90. The van der Waals surface area contributed by atoms with Crippen molar-refractivity contribution in [2.24, 2.45) is 12.5 Å². The van der Waals surface area contributed by atoms with Crippen molar-refractivity contribution in [2.45, 2.75) is 13.5 Å². The molecule has 0 atom stereocenters. The third kappa shape index (κ3) is 2.26. The lowest BCUT2D eigenvalue weighted by molar-refractivity contribution is -0.0991. The number of aromatic nitrogens is 1. The lowest BCUT2D eigenvalue weighted by Gasteiger charge is -2.38. The van der Waals surface area contributed by atoms with Gasteiger partial charge in [-0.05, 0) is 11.6 Å². The third-order valence-electron chi connectivity index (χ3n) is 2.96. The van der Waals surface area contributed by atoms with E-state index >= 15 is 0 Å². The average Bonchev–Trinajstić information content (AvgIpc) is 2.56. The van der Waals surface area contributed by atoms with Crippen molar-refractivity contribution in [1.82, 2.24) is 9.88 Å². The quantitative estimate of drug-likeness (QED) is 0.822. The van der Waals surface area contributed by atoms with Gasteiger partial charge in [0, 0.05) is 31.7 Å². The number of rotatable bonds is 4. The zero-order chi connectivity index (χ0) is 11.6. The minimum Gasteiger partial charge on any atom is -0.380 e. The Balaban J connectivity index is 1.83. The molecule has 0 aromatic carbocycles. The molecular weight excluding hydrogens is 202 g/mol. The molecule has 0 spiro atoms. The molecule has 4 heteroatoms. The first kappa shape index (κ1) is 11.2. The minimum absolute atomic E-state index is 0.298. The molecule has 2 rings (SSSR count). The van der Waals surface area contributed by atoms with Crippen LogP contribution in [0.4, 0.5) is 0 Å². The molecule has 0 radical (unpaired) electrons. The molecule has 2 heterocycles. The monoisotopic (exact) mass is 219 g/mol. The summed E-state index contributed by atoms with van der Waals surface area (Å²) in [5.41, 5.74) is 2.16. The van der Waals surface area contributed by atoms with E-state index in [1.54, 1.807) is 0 Å². The van der Waals surface area contributed by atoms with Crippen LogP contribution in [-0.2, 0) is 18.3 Å². The van der Waals surface area contributed by atoms with Crippen molar-refractivity contribution in [3.8, 4) is 6.07 Å². The summed E-state index contributed by atoms with van der Waals surface area (Å²) in [5.74, 6) is 0. The maximum absolute atomic E-state index is 8.83. The molecule has 1 N–H and O–H groups in total. The van der Waals surface area contributed by atoms with Crippen LogP contribution in [0.5, 0.6) is 0 Å². The molecule has 1 aliphatic rings. The Labute approximate surface area is 95.8 Å². The molecule has 0 saturated carbocycles. The SMILES string of the molecule is Cn1cc(CNCC2(C)COC2)cc1C#N. The number of nitriles is 1. The summed E-state index contributed by atoms with van der Waals surface area (Å²) in [6, 6.07) is 4.08. The van der Waals surface area contributed by atoms with Gasteiger partial charge >= 0.3 is 0 Å². The van der Waals surface area contributed by atoms with Gasteiger partial charge in [0.05, 0.1) is 13.2 Å². The first-order valence-corrected chi connectivity index (χ1v) is 5.47. The maximum atomic E-state index is 8.83. The summed E-state index contributed by atoms with van der Waals surface area (Å²) in [4.78, 5) is 0. The van der Waals surface area contributed by atoms with Crippen molar-refractivity contribution in [3.05, 3.63) is 23.5 Å². The van der Waals surface area contributed by atoms with E-state index < -0.39 is 0 Å². The van der Waals surface area contributed by atoms with Crippen LogP contribution in [0, 0.1) is 16.7 Å². The summed E-state index contributed by atoms with van der Waals surface area (Å²) in [7, 11) is 1.89. The van der Waals surface area contributed by atoms with E-state index in [-0.39, 0.29) is 0 Å². The molecule has 0 aliphatic carbocycles. The lowest BCUT2D eigenvalue weighted by Crippen LogP contribution is -2.47. The maximum Gasteiger partial charge on any atom is 0.120 e. The van der Waals surface area contributed by atoms with E-state index in [1.807, 2.05) is 23.9 Å². The Kier molecular flexibility index (Phi) is 2.99. The van der Waals surface area contributed by atoms with E-state index in [9.17, 15) is 0 Å². The molecule has 4 nitrogen and oxygen atoms in total. The second-order valence-corrected chi connectivity index (χ2v) is 4.86. The minimum atomic E-state index is 0.298. The Hall–Kier alpha value is -1.31. The molecule has 1 aromatic rings. The molecule has 0 bridgehead atoms. The molecule has 1 aliphatic heterocycles. The molecule has 86 valence electrons. The predicted molar refractivity (Wildman–Crippen MR) is 60.8 cm³/mol. The van der Waals surface area contributed by atoms with Crippen LogP contribution in [-0.4, -0.2) is 24.3 Å². The molecule has 1 saturated heterocycles. The van der Waals surface area contributed by atoms with Crippen LogP contribution >= 0.6 is 0 Å². The number of aryl methyl sites for hydroxylation is 1. The Morgan fingerprint density at radius 2 is 2.38 bits per heavy atom. The van der Waals surface area contributed by atoms with Crippen LogP contribution in [0.25, 0.3) is 0 Å². The highest BCUT2D eigenvalue weighted by Gasteiger charge is 2.32. The van der Waals surface area contributed by atoms with Crippen molar-refractivity contribution < 1.29 is 4.74 Å². The number of hydrogen-bond acceptors (Lipinski definition) is 3. The molecule has 1 fully saturated rings. The normalized spacial score (nSPS) is 17.8. The Morgan fingerprint density at radius 3 is 2.88 bits per heavy atom. The smallest absolute Gasteiger partial charge is 0.120 e. The number of ether oxygens (including phenoxy) is 1. The van der Waals surface area contributed by atoms with Gasteiger partial charge in [0.25, 0.3) is 0 Å². The van der Waals surface area contributed by atoms with Crippen LogP contribution in [0.15, 0.2) is 12.3 Å². The van der Waals surface area contributed by atoms with Crippen molar-refractivity contribution >= 4 is 0 Å². The Morgan fingerprint density at radius 1 is 1.62 bits per heavy atom. The van der Waals surface area contributed by atoms with Gasteiger partial charge in [-0.3, -0.25) is 0 Å². The van der Waals surface area contributed by atoms with Crippen LogP contribution < -0.4 is 5.32 Å². The van der Waals surface area contributed by atoms with Gasteiger partial charge in [-0.25, -0.2) is 0 Å². The highest BCUT2D eigenvalue weighted by molar-refractivity contribution is 5.28. The average molecular weight is 219 g/mol. The second-order valence-electron chi connectivity index (χ2n) is 4.86. The summed E-state index contributed by atoms with van der Waals surface area (Å²) < 4.78 is 7.05. The van der Waals surface area contributed by atoms with Gasteiger partial charge < -0.3 is 14.6 Å². The summed E-state index contributed by atoms with van der Waals surface area (Å²) >= 11 is 0. The highest BCUT2D eigenvalue weighted by atomic mass is 16.5. The van der Waals surface area contributed by atoms with E-state index in [0.29, 0.717) is 11.1 Å². The fourth-order valence-corrected chi connectivity index (χ4v) is 1.90. The standard InChI is InChI=1S/C12H17N3O/c1-12(8-16-9-12)7-14-5-10-3-11(4-13)15(2)6-10/h3,6,14H,5,7-9H2,1-2H3. The van der Waals surface area contributed by atoms with Gasteiger partial charge in [-0.2, -0.15) is 5.26 Å².